The number of furan rings is 1. The van der Waals surface area contributed by atoms with Crippen LogP contribution in [-0.2, 0) is 6.54 Å². The lowest BCUT2D eigenvalue weighted by Gasteiger charge is -2.31. The van der Waals surface area contributed by atoms with Crippen molar-refractivity contribution in [2.45, 2.75) is 19.4 Å². The Morgan fingerprint density at radius 3 is 3.19 bits per heavy atom. The number of carbonyl (C=O) groups excluding carboxylic acids is 1. The normalized spacial score (nSPS) is 19.4. The number of urea groups is 1. The van der Waals surface area contributed by atoms with Crippen molar-refractivity contribution in [2.75, 3.05) is 39.8 Å². The summed E-state index contributed by atoms with van der Waals surface area (Å²) in [5, 5.41) is 12.1. The molecule has 1 saturated heterocycles. The van der Waals surface area contributed by atoms with E-state index in [2.05, 4.69) is 10.2 Å². The molecule has 6 heteroatoms. The molecule has 0 spiro atoms. The second-order valence-electron chi connectivity index (χ2n) is 5.71. The van der Waals surface area contributed by atoms with Crippen LogP contribution in [0.1, 0.15) is 18.4 Å². The third-order valence-corrected chi connectivity index (χ3v) is 3.91. The van der Waals surface area contributed by atoms with Gasteiger partial charge in [0.25, 0.3) is 0 Å². The monoisotopic (exact) mass is 295 g/mol. The molecular formula is C15H25N3O3. The van der Waals surface area contributed by atoms with E-state index in [1.165, 1.54) is 0 Å². The summed E-state index contributed by atoms with van der Waals surface area (Å²) < 4.78 is 4.99. The first-order chi connectivity index (χ1) is 10.2. The van der Waals surface area contributed by atoms with Crippen LogP contribution in [0.5, 0.6) is 0 Å². The smallest absolute Gasteiger partial charge is 0.317 e. The molecule has 1 aliphatic heterocycles. The molecule has 0 saturated carbocycles. The summed E-state index contributed by atoms with van der Waals surface area (Å²) in [6, 6.07) is 1.78. The Morgan fingerprint density at radius 2 is 2.48 bits per heavy atom. The Morgan fingerprint density at radius 1 is 1.62 bits per heavy atom. The summed E-state index contributed by atoms with van der Waals surface area (Å²) in [5.41, 5.74) is 0.981. The maximum atomic E-state index is 12.0. The van der Waals surface area contributed by atoms with Crippen LogP contribution in [0.15, 0.2) is 23.0 Å². The number of likely N-dealkylation sites (tertiary alicyclic amines) is 1. The first-order valence-corrected chi connectivity index (χ1v) is 7.52. The Hall–Kier alpha value is -1.53. The van der Waals surface area contributed by atoms with Crippen molar-refractivity contribution in [3.05, 3.63) is 24.2 Å². The Labute approximate surface area is 125 Å². The molecule has 0 aromatic carbocycles. The Bertz CT molecular complexity index is 422. The van der Waals surface area contributed by atoms with E-state index in [-0.39, 0.29) is 12.6 Å². The molecular weight excluding hydrogens is 270 g/mol. The summed E-state index contributed by atoms with van der Waals surface area (Å²) >= 11 is 0. The minimum atomic E-state index is -0.0769. The van der Waals surface area contributed by atoms with Gasteiger partial charge in [-0.15, -0.1) is 0 Å². The summed E-state index contributed by atoms with van der Waals surface area (Å²) in [7, 11) is 1.77. The Kier molecular flexibility index (Phi) is 6.07. The van der Waals surface area contributed by atoms with E-state index in [4.69, 9.17) is 4.42 Å². The van der Waals surface area contributed by atoms with Gasteiger partial charge in [0.05, 0.1) is 19.1 Å². The maximum absolute atomic E-state index is 12.0. The van der Waals surface area contributed by atoms with Crippen LogP contribution in [0.3, 0.4) is 0 Å². The van der Waals surface area contributed by atoms with Gasteiger partial charge in [-0.1, -0.05) is 0 Å². The summed E-state index contributed by atoms with van der Waals surface area (Å²) in [6.45, 7) is 4.25. The van der Waals surface area contributed by atoms with Crippen molar-refractivity contribution in [1.82, 2.24) is 15.1 Å². The number of aliphatic hydroxyl groups excluding tert-OH is 1. The van der Waals surface area contributed by atoms with Crippen LogP contribution in [0, 0.1) is 5.92 Å². The highest BCUT2D eigenvalue weighted by atomic mass is 16.3. The van der Waals surface area contributed by atoms with Gasteiger partial charge in [0.15, 0.2) is 0 Å². The number of aliphatic hydroxyl groups is 1. The molecule has 1 aromatic rings. The summed E-state index contributed by atoms with van der Waals surface area (Å²) in [4.78, 5) is 15.9. The van der Waals surface area contributed by atoms with Crippen LogP contribution < -0.4 is 5.32 Å². The van der Waals surface area contributed by atoms with E-state index in [9.17, 15) is 9.90 Å². The van der Waals surface area contributed by atoms with Gasteiger partial charge in [-0.05, 0) is 31.4 Å². The number of hydrogen-bond donors (Lipinski definition) is 2. The standard InChI is InChI=1S/C15H25N3O3/c1-17(9-14-4-8-21-12-14)15(20)16-5-7-18-6-2-3-13(10-18)11-19/h4,8,12-13,19H,2-3,5-7,9-11H2,1H3,(H,16,20)/t13-/m0/s1. The average Bonchev–Trinajstić information content (AvgIpc) is 3.00. The molecule has 2 rings (SSSR count). The van der Waals surface area contributed by atoms with Crippen molar-refractivity contribution < 1.29 is 14.3 Å². The predicted molar refractivity (Wildman–Crippen MR) is 79.8 cm³/mol. The molecule has 2 amide bonds. The third kappa shape index (κ3) is 5.06. The highest BCUT2D eigenvalue weighted by molar-refractivity contribution is 5.73. The van der Waals surface area contributed by atoms with Gasteiger partial charge in [0.2, 0.25) is 0 Å². The van der Waals surface area contributed by atoms with Crippen molar-refractivity contribution in [2.24, 2.45) is 5.92 Å². The molecule has 1 aromatic heterocycles. The van der Waals surface area contributed by atoms with Crippen LogP contribution in [0.25, 0.3) is 0 Å². The Balaban J connectivity index is 1.64. The summed E-state index contributed by atoms with van der Waals surface area (Å²) in [5.74, 6) is 0.387. The average molecular weight is 295 g/mol. The molecule has 6 nitrogen and oxygen atoms in total. The highest BCUT2D eigenvalue weighted by Gasteiger charge is 2.19. The van der Waals surface area contributed by atoms with Crippen molar-refractivity contribution in [3.8, 4) is 0 Å². The van der Waals surface area contributed by atoms with Gasteiger partial charge in [0.1, 0.15) is 0 Å². The molecule has 1 aliphatic rings. The molecule has 2 N–H and O–H groups in total. The number of amides is 2. The van der Waals surface area contributed by atoms with Crippen LogP contribution in [-0.4, -0.2) is 60.8 Å². The lowest BCUT2D eigenvalue weighted by Crippen LogP contribution is -2.44. The van der Waals surface area contributed by atoms with Crippen molar-refractivity contribution in [3.63, 3.8) is 0 Å². The molecule has 0 bridgehead atoms. The van der Waals surface area contributed by atoms with E-state index in [0.717, 1.165) is 38.0 Å². The molecule has 2 heterocycles. The van der Waals surface area contributed by atoms with Crippen molar-refractivity contribution >= 4 is 6.03 Å². The maximum Gasteiger partial charge on any atom is 0.317 e. The fraction of sp³-hybridized carbons (Fsp3) is 0.667. The number of nitrogens with one attached hydrogen (secondary N) is 1. The number of carbonyl (C=O) groups is 1. The fourth-order valence-corrected chi connectivity index (χ4v) is 2.69. The topological polar surface area (TPSA) is 69.0 Å². The van der Waals surface area contributed by atoms with Crippen molar-refractivity contribution in [1.29, 1.82) is 0 Å². The van der Waals surface area contributed by atoms with Gasteiger partial charge in [-0.3, -0.25) is 0 Å². The van der Waals surface area contributed by atoms with Crippen LogP contribution in [0.2, 0.25) is 0 Å². The van der Waals surface area contributed by atoms with Gasteiger partial charge in [-0.2, -0.15) is 0 Å². The zero-order valence-electron chi connectivity index (χ0n) is 12.6. The quantitative estimate of drug-likeness (QED) is 0.825. The lowest BCUT2D eigenvalue weighted by molar-refractivity contribution is 0.121. The molecule has 0 radical (unpaired) electrons. The molecule has 1 fully saturated rings. The molecule has 0 unspecified atom stereocenters. The highest BCUT2D eigenvalue weighted by Crippen LogP contribution is 2.14. The number of piperidine rings is 1. The first-order valence-electron chi connectivity index (χ1n) is 7.52. The zero-order valence-corrected chi connectivity index (χ0v) is 12.6. The largest absolute Gasteiger partial charge is 0.472 e. The predicted octanol–water partition coefficient (Wildman–Crippen LogP) is 1.13. The molecule has 0 aliphatic carbocycles. The summed E-state index contributed by atoms with van der Waals surface area (Å²) in [6.07, 6.45) is 5.48. The number of nitrogens with zero attached hydrogens (tertiary/aromatic N) is 2. The second kappa shape index (κ2) is 8.05. The first kappa shape index (κ1) is 15.9. The lowest BCUT2D eigenvalue weighted by atomic mass is 9.99. The van der Waals surface area contributed by atoms with Crippen LogP contribution in [0.4, 0.5) is 4.79 Å². The molecule has 21 heavy (non-hydrogen) atoms. The van der Waals surface area contributed by atoms with E-state index in [0.29, 0.717) is 19.0 Å². The third-order valence-electron chi connectivity index (χ3n) is 3.91. The minimum Gasteiger partial charge on any atom is -0.472 e. The van der Waals surface area contributed by atoms with E-state index < -0.39 is 0 Å². The van der Waals surface area contributed by atoms with Gasteiger partial charge in [-0.25, -0.2) is 4.79 Å². The van der Waals surface area contributed by atoms with E-state index in [1.807, 2.05) is 6.07 Å². The van der Waals surface area contributed by atoms with Gasteiger partial charge >= 0.3 is 6.03 Å². The zero-order chi connectivity index (χ0) is 15.1. The second-order valence-corrected chi connectivity index (χ2v) is 5.71. The fourth-order valence-electron chi connectivity index (χ4n) is 2.69. The molecule has 1 atom stereocenters. The number of hydrogen-bond acceptors (Lipinski definition) is 4. The van der Waals surface area contributed by atoms with E-state index in [1.54, 1.807) is 24.5 Å². The molecule has 118 valence electrons. The minimum absolute atomic E-state index is 0.0769. The SMILES string of the molecule is CN(Cc1ccoc1)C(=O)NCCN1CCC[C@H](CO)C1. The van der Waals surface area contributed by atoms with Gasteiger partial charge < -0.3 is 24.6 Å². The van der Waals surface area contributed by atoms with Crippen LogP contribution >= 0.6 is 0 Å². The van der Waals surface area contributed by atoms with Gasteiger partial charge in [0, 0.05) is 38.9 Å². The van der Waals surface area contributed by atoms with E-state index >= 15 is 0 Å². The number of rotatable bonds is 6.